The molecule has 3 heteroatoms. The normalized spacial score (nSPS) is 13.2. The zero-order chi connectivity index (χ0) is 14.5. The van der Waals surface area contributed by atoms with Crippen molar-refractivity contribution in [2.45, 2.75) is 40.2 Å². The summed E-state index contributed by atoms with van der Waals surface area (Å²) in [6.45, 7) is 9.92. The van der Waals surface area contributed by atoms with E-state index in [9.17, 15) is 0 Å². The molecule has 0 fully saturated rings. The molecule has 108 valence electrons. The van der Waals surface area contributed by atoms with Gasteiger partial charge in [-0.3, -0.25) is 0 Å². The van der Waals surface area contributed by atoms with E-state index in [1.54, 1.807) is 14.2 Å². The van der Waals surface area contributed by atoms with Gasteiger partial charge < -0.3 is 14.8 Å². The second-order valence-electron chi connectivity index (χ2n) is 5.87. The van der Waals surface area contributed by atoms with Gasteiger partial charge in [0.25, 0.3) is 0 Å². The number of likely N-dealkylation sites (N-methyl/N-ethyl adjacent to an activating group) is 1. The van der Waals surface area contributed by atoms with Crippen molar-refractivity contribution < 1.29 is 9.47 Å². The fourth-order valence-electron chi connectivity index (χ4n) is 2.17. The van der Waals surface area contributed by atoms with E-state index in [0.717, 1.165) is 24.5 Å². The first-order valence-electron chi connectivity index (χ1n) is 6.86. The molecule has 0 saturated carbocycles. The summed E-state index contributed by atoms with van der Waals surface area (Å²) in [5.41, 5.74) is 1.49. The average molecular weight is 265 g/mol. The molecule has 0 aliphatic rings. The van der Waals surface area contributed by atoms with E-state index in [2.05, 4.69) is 45.1 Å². The Kier molecular flexibility index (Phi) is 5.67. The predicted molar refractivity (Wildman–Crippen MR) is 80.2 cm³/mol. The van der Waals surface area contributed by atoms with Crippen molar-refractivity contribution in [2.75, 3.05) is 20.8 Å². The van der Waals surface area contributed by atoms with Gasteiger partial charge in [0, 0.05) is 6.04 Å². The number of hydrogen-bond acceptors (Lipinski definition) is 3. The van der Waals surface area contributed by atoms with Crippen molar-refractivity contribution in [2.24, 2.45) is 5.41 Å². The Morgan fingerprint density at radius 2 is 1.74 bits per heavy atom. The summed E-state index contributed by atoms with van der Waals surface area (Å²) >= 11 is 0. The number of rotatable bonds is 6. The minimum atomic E-state index is 0.225. The standard InChI is InChI=1S/C16H27NO2/c1-7-17-15(16(2,3)4)11-12-8-9-13(18-5)14(10-12)19-6/h8-10,15,17H,7,11H2,1-6H3. The van der Waals surface area contributed by atoms with Crippen molar-refractivity contribution >= 4 is 0 Å². The molecular formula is C16H27NO2. The van der Waals surface area contributed by atoms with Gasteiger partial charge in [-0.2, -0.15) is 0 Å². The smallest absolute Gasteiger partial charge is 0.160 e. The van der Waals surface area contributed by atoms with E-state index < -0.39 is 0 Å². The summed E-state index contributed by atoms with van der Waals surface area (Å²) in [7, 11) is 3.33. The summed E-state index contributed by atoms with van der Waals surface area (Å²) in [6.07, 6.45) is 0.984. The van der Waals surface area contributed by atoms with Gasteiger partial charge in [0.1, 0.15) is 0 Å². The Morgan fingerprint density at radius 3 is 2.21 bits per heavy atom. The lowest BCUT2D eigenvalue weighted by atomic mass is 9.83. The SMILES string of the molecule is CCNC(Cc1ccc(OC)c(OC)c1)C(C)(C)C. The van der Waals surface area contributed by atoms with Gasteiger partial charge in [0.2, 0.25) is 0 Å². The van der Waals surface area contributed by atoms with E-state index in [4.69, 9.17) is 9.47 Å². The molecule has 19 heavy (non-hydrogen) atoms. The summed E-state index contributed by atoms with van der Waals surface area (Å²) in [4.78, 5) is 0. The Hall–Kier alpha value is -1.22. The number of hydrogen-bond donors (Lipinski definition) is 1. The van der Waals surface area contributed by atoms with E-state index in [1.165, 1.54) is 5.56 Å². The molecule has 0 amide bonds. The lowest BCUT2D eigenvalue weighted by Gasteiger charge is -2.31. The van der Waals surface area contributed by atoms with Gasteiger partial charge >= 0.3 is 0 Å². The van der Waals surface area contributed by atoms with Crippen LogP contribution in [0.2, 0.25) is 0 Å². The summed E-state index contributed by atoms with van der Waals surface area (Å²) in [6, 6.07) is 6.59. The Bertz CT molecular complexity index is 396. The molecule has 0 heterocycles. The summed E-state index contributed by atoms with van der Waals surface area (Å²) < 4.78 is 10.6. The third-order valence-electron chi connectivity index (χ3n) is 3.38. The quantitative estimate of drug-likeness (QED) is 0.856. The molecule has 1 aromatic carbocycles. The van der Waals surface area contributed by atoms with E-state index in [1.807, 2.05) is 6.07 Å². The minimum absolute atomic E-state index is 0.225. The maximum atomic E-state index is 5.36. The molecular weight excluding hydrogens is 238 g/mol. The Labute approximate surface area is 117 Å². The Balaban J connectivity index is 2.91. The molecule has 1 N–H and O–H groups in total. The molecule has 0 aliphatic heterocycles. The zero-order valence-electron chi connectivity index (χ0n) is 13.0. The van der Waals surface area contributed by atoms with Gasteiger partial charge in [0.15, 0.2) is 11.5 Å². The van der Waals surface area contributed by atoms with Crippen LogP contribution in [-0.4, -0.2) is 26.8 Å². The van der Waals surface area contributed by atoms with Gasteiger partial charge in [0.05, 0.1) is 14.2 Å². The van der Waals surface area contributed by atoms with E-state index in [0.29, 0.717) is 6.04 Å². The van der Waals surface area contributed by atoms with Gasteiger partial charge in [-0.05, 0) is 36.1 Å². The van der Waals surface area contributed by atoms with Gasteiger partial charge in [-0.15, -0.1) is 0 Å². The number of ether oxygens (including phenoxy) is 2. The highest BCUT2D eigenvalue weighted by Crippen LogP contribution is 2.30. The number of nitrogens with one attached hydrogen (secondary N) is 1. The van der Waals surface area contributed by atoms with Crippen LogP contribution in [0.4, 0.5) is 0 Å². The van der Waals surface area contributed by atoms with Crippen LogP contribution < -0.4 is 14.8 Å². The van der Waals surface area contributed by atoms with Crippen molar-refractivity contribution in [3.8, 4) is 11.5 Å². The molecule has 3 nitrogen and oxygen atoms in total. The lowest BCUT2D eigenvalue weighted by molar-refractivity contribution is 0.269. The summed E-state index contributed by atoms with van der Waals surface area (Å²) in [5.74, 6) is 1.58. The monoisotopic (exact) mass is 265 g/mol. The van der Waals surface area contributed by atoms with E-state index >= 15 is 0 Å². The molecule has 0 aromatic heterocycles. The van der Waals surface area contributed by atoms with Crippen molar-refractivity contribution in [3.05, 3.63) is 23.8 Å². The first-order valence-corrected chi connectivity index (χ1v) is 6.86. The molecule has 1 atom stereocenters. The zero-order valence-corrected chi connectivity index (χ0v) is 13.0. The topological polar surface area (TPSA) is 30.5 Å². The maximum absolute atomic E-state index is 5.36. The molecule has 0 aliphatic carbocycles. The average Bonchev–Trinajstić information content (AvgIpc) is 2.37. The second kappa shape index (κ2) is 6.80. The van der Waals surface area contributed by atoms with Crippen molar-refractivity contribution in [3.63, 3.8) is 0 Å². The third kappa shape index (κ3) is 4.43. The predicted octanol–water partition coefficient (Wildman–Crippen LogP) is 3.27. The summed E-state index contributed by atoms with van der Waals surface area (Å²) in [5, 5.41) is 3.57. The number of benzene rings is 1. The van der Waals surface area contributed by atoms with Crippen LogP contribution in [0.1, 0.15) is 33.3 Å². The second-order valence-corrected chi connectivity index (χ2v) is 5.87. The highest BCUT2D eigenvalue weighted by Gasteiger charge is 2.24. The molecule has 0 saturated heterocycles. The van der Waals surface area contributed by atoms with Crippen LogP contribution in [0.25, 0.3) is 0 Å². The maximum Gasteiger partial charge on any atom is 0.160 e. The van der Waals surface area contributed by atoms with Crippen LogP contribution in [0.15, 0.2) is 18.2 Å². The van der Waals surface area contributed by atoms with Crippen LogP contribution in [0.5, 0.6) is 11.5 Å². The highest BCUT2D eigenvalue weighted by atomic mass is 16.5. The van der Waals surface area contributed by atoms with Gasteiger partial charge in [-0.1, -0.05) is 33.8 Å². The van der Waals surface area contributed by atoms with Crippen molar-refractivity contribution in [1.82, 2.24) is 5.32 Å². The van der Waals surface area contributed by atoms with Crippen molar-refractivity contribution in [1.29, 1.82) is 0 Å². The number of methoxy groups -OCH3 is 2. The molecule has 0 spiro atoms. The molecule has 0 radical (unpaired) electrons. The first-order chi connectivity index (χ1) is 8.92. The van der Waals surface area contributed by atoms with Gasteiger partial charge in [-0.25, -0.2) is 0 Å². The molecule has 1 unspecified atom stereocenters. The van der Waals surface area contributed by atoms with Crippen LogP contribution >= 0.6 is 0 Å². The van der Waals surface area contributed by atoms with Crippen LogP contribution in [0.3, 0.4) is 0 Å². The first kappa shape index (κ1) is 15.8. The molecule has 1 rings (SSSR count). The fraction of sp³-hybridized carbons (Fsp3) is 0.625. The van der Waals surface area contributed by atoms with Crippen LogP contribution in [-0.2, 0) is 6.42 Å². The minimum Gasteiger partial charge on any atom is -0.493 e. The lowest BCUT2D eigenvalue weighted by Crippen LogP contribution is -2.41. The molecule has 0 bridgehead atoms. The third-order valence-corrected chi connectivity index (χ3v) is 3.38. The van der Waals surface area contributed by atoms with E-state index in [-0.39, 0.29) is 5.41 Å². The Morgan fingerprint density at radius 1 is 1.11 bits per heavy atom. The largest absolute Gasteiger partial charge is 0.493 e. The highest BCUT2D eigenvalue weighted by molar-refractivity contribution is 5.43. The fourth-order valence-corrected chi connectivity index (χ4v) is 2.17. The van der Waals surface area contributed by atoms with Crippen LogP contribution in [0, 0.1) is 5.41 Å². The molecule has 1 aromatic rings.